The third-order valence-electron chi connectivity index (χ3n) is 4.46. The molecule has 0 bridgehead atoms. The number of fused-ring (bicyclic) bond motifs is 1. The van der Waals surface area contributed by atoms with Gasteiger partial charge in [-0.1, -0.05) is 18.7 Å². The number of tetrazole rings is 1. The minimum atomic E-state index is -1.12. The summed E-state index contributed by atoms with van der Waals surface area (Å²) in [7, 11) is 1.70. The molecule has 0 aromatic carbocycles. The van der Waals surface area contributed by atoms with Crippen LogP contribution in [0.4, 0.5) is 0 Å². The van der Waals surface area contributed by atoms with Crippen molar-refractivity contribution < 1.29 is 19.8 Å². The van der Waals surface area contributed by atoms with E-state index in [4.69, 9.17) is 0 Å². The molecule has 124 valence electrons. The number of hydrogen-bond acceptors (Lipinski definition) is 7. The molecule has 1 saturated heterocycles. The molecule has 0 saturated carbocycles. The smallest absolute Gasteiger partial charge is 0.352 e. The zero-order valence-electron chi connectivity index (χ0n) is 12.9. The lowest BCUT2D eigenvalue weighted by Crippen LogP contribution is -2.63. The minimum Gasteiger partial charge on any atom is -0.477 e. The molecule has 2 N–H and O–H groups in total. The van der Waals surface area contributed by atoms with E-state index in [0.29, 0.717) is 16.5 Å². The summed E-state index contributed by atoms with van der Waals surface area (Å²) in [5, 5.41) is 31.0. The lowest BCUT2D eigenvalue weighted by Gasteiger charge is -2.46. The molecule has 23 heavy (non-hydrogen) atoms. The maximum Gasteiger partial charge on any atom is 0.352 e. The second-order valence-electron chi connectivity index (χ2n) is 5.81. The van der Waals surface area contributed by atoms with Crippen molar-refractivity contribution in [1.29, 1.82) is 0 Å². The fourth-order valence-electron chi connectivity index (χ4n) is 3.32. The van der Waals surface area contributed by atoms with Crippen LogP contribution in [0.5, 0.6) is 0 Å². The Labute approximate surface area is 136 Å². The molecule has 1 aromatic heterocycles. The Balaban J connectivity index is 1.87. The highest BCUT2D eigenvalue weighted by atomic mass is 32.2. The highest BCUT2D eigenvalue weighted by Crippen LogP contribution is 2.48. The number of aromatic nitrogens is 4. The van der Waals surface area contributed by atoms with Gasteiger partial charge in [0, 0.05) is 18.7 Å². The van der Waals surface area contributed by atoms with Crippen molar-refractivity contribution in [3.05, 3.63) is 11.3 Å². The van der Waals surface area contributed by atoms with E-state index >= 15 is 0 Å². The highest BCUT2D eigenvalue weighted by Gasteiger charge is 2.59. The van der Waals surface area contributed by atoms with Gasteiger partial charge < -0.3 is 15.1 Å². The largest absolute Gasteiger partial charge is 0.477 e. The molecule has 1 aromatic rings. The maximum absolute atomic E-state index is 12.2. The number of aliphatic carboxylic acids is 1. The molecule has 3 rings (SSSR count). The Morgan fingerprint density at radius 2 is 2.17 bits per heavy atom. The normalized spacial score (nSPS) is 27.9. The molecule has 4 atom stereocenters. The number of aryl methyl sites for hydroxylation is 1. The van der Waals surface area contributed by atoms with Gasteiger partial charge in [-0.2, -0.15) is 0 Å². The molecule has 9 nitrogen and oxygen atoms in total. The van der Waals surface area contributed by atoms with E-state index in [1.165, 1.54) is 21.3 Å². The molecule has 1 amide bonds. The summed E-state index contributed by atoms with van der Waals surface area (Å²) in [6, 6.07) is -0.290. The lowest BCUT2D eigenvalue weighted by atomic mass is 9.78. The summed E-state index contributed by atoms with van der Waals surface area (Å²) < 4.78 is 1.50. The van der Waals surface area contributed by atoms with Gasteiger partial charge in [0.25, 0.3) is 0 Å². The molecule has 0 aliphatic carbocycles. The number of carboxylic acids is 1. The second kappa shape index (κ2) is 5.60. The number of amides is 1. The molecule has 2 aliphatic rings. The molecule has 1 fully saturated rings. The van der Waals surface area contributed by atoms with E-state index in [1.54, 1.807) is 14.0 Å². The Bertz CT molecular complexity index is 700. The molecule has 0 radical (unpaired) electrons. The van der Waals surface area contributed by atoms with Crippen LogP contribution in [0.25, 0.3) is 0 Å². The number of thioether (sulfide) groups is 1. The molecule has 0 spiro atoms. The van der Waals surface area contributed by atoms with Gasteiger partial charge in [0.05, 0.1) is 18.1 Å². The van der Waals surface area contributed by atoms with Crippen molar-refractivity contribution in [2.24, 2.45) is 18.9 Å². The van der Waals surface area contributed by atoms with Crippen molar-refractivity contribution in [2.75, 3.05) is 5.75 Å². The zero-order chi connectivity index (χ0) is 16.9. The average molecular weight is 339 g/mol. The van der Waals surface area contributed by atoms with Crippen molar-refractivity contribution in [1.82, 2.24) is 25.1 Å². The van der Waals surface area contributed by atoms with Crippen LogP contribution in [-0.4, -0.2) is 65.1 Å². The Hall–Kier alpha value is -1.94. The van der Waals surface area contributed by atoms with Gasteiger partial charge in [0.15, 0.2) is 0 Å². The van der Waals surface area contributed by atoms with Crippen molar-refractivity contribution in [2.45, 2.75) is 31.1 Å². The Morgan fingerprint density at radius 3 is 2.70 bits per heavy atom. The maximum atomic E-state index is 12.2. The number of hydrogen-bond donors (Lipinski definition) is 2. The van der Waals surface area contributed by atoms with Crippen LogP contribution in [0.2, 0.25) is 0 Å². The first-order valence-electron chi connectivity index (χ1n) is 7.17. The van der Waals surface area contributed by atoms with E-state index < -0.39 is 18.0 Å². The lowest BCUT2D eigenvalue weighted by molar-refractivity contribution is -0.163. The van der Waals surface area contributed by atoms with Crippen molar-refractivity contribution in [3.63, 3.8) is 0 Å². The first-order chi connectivity index (χ1) is 10.8. The molecule has 0 unspecified atom stereocenters. The summed E-state index contributed by atoms with van der Waals surface area (Å²) in [6.07, 6.45) is -0.795. The van der Waals surface area contributed by atoms with Crippen LogP contribution in [0.3, 0.4) is 0 Å². The topological polar surface area (TPSA) is 121 Å². The van der Waals surface area contributed by atoms with Gasteiger partial charge in [-0.05, 0) is 22.9 Å². The number of aliphatic hydroxyl groups is 1. The van der Waals surface area contributed by atoms with Crippen molar-refractivity contribution >= 4 is 23.6 Å². The summed E-state index contributed by atoms with van der Waals surface area (Å²) in [4.78, 5) is 25.1. The van der Waals surface area contributed by atoms with Crippen LogP contribution in [-0.2, 0) is 16.6 Å². The minimum absolute atomic E-state index is 0.0343. The molecule has 2 aliphatic heterocycles. The SMILES string of the molecule is C[C@@H](O)[C@H]1C(=O)N2C(C(=O)O)=C(CSc3nnnn3C)[C@H](C)[C@H]12. The number of carboxylic acid groups (broad SMARTS) is 1. The summed E-state index contributed by atoms with van der Waals surface area (Å²) in [5.41, 5.74) is 0.707. The number of carbonyl (C=O) groups excluding carboxylic acids is 1. The molecule has 10 heteroatoms. The van der Waals surface area contributed by atoms with Gasteiger partial charge in [-0.3, -0.25) is 4.79 Å². The first kappa shape index (κ1) is 15.9. The summed E-state index contributed by atoms with van der Waals surface area (Å²) >= 11 is 1.32. The fraction of sp³-hybridized carbons (Fsp3) is 0.615. The number of nitrogens with zero attached hydrogens (tertiary/aromatic N) is 5. The van der Waals surface area contributed by atoms with Gasteiger partial charge in [0.1, 0.15) is 5.70 Å². The zero-order valence-corrected chi connectivity index (χ0v) is 13.7. The Kier molecular flexibility index (Phi) is 3.88. The standard InChI is InChI=1S/C13H17N5O4S/c1-5-7(4-23-13-14-15-16-17(13)3)10(12(21)22)18-9(5)8(6(2)19)11(18)20/h5-6,8-9,19H,4H2,1-3H3,(H,21,22)/t5-,6+,8+,9+/m0/s1. The van der Waals surface area contributed by atoms with Crippen LogP contribution >= 0.6 is 11.8 Å². The fourth-order valence-corrected chi connectivity index (χ4v) is 4.32. The van der Waals surface area contributed by atoms with E-state index in [9.17, 15) is 19.8 Å². The van der Waals surface area contributed by atoms with Gasteiger partial charge in [-0.25, -0.2) is 9.48 Å². The summed E-state index contributed by atoms with van der Waals surface area (Å²) in [5.74, 6) is -1.74. The number of β-lactam (4-membered cyclic amide) rings is 1. The number of aliphatic hydroxyl groups excluding tert-OH is 1. The van der Waals surface area contributed by atoms with Gasteiger partial charge in [-0.15, -0.1) is 5.10 Å². The predicted octanol–water partition coefficient (Wildman–Crippen LogP) is -0.502. The first-order valence-corrected chi connectivity index (χ1v) is 8.15. The molecular weight excluding hydrogens is 322 g/mol. The second-order valence-corrected chi connectivity index (χ2v) is 6.75. The van der Waals surface area contributed by atoms with Crippen LogP contribution in [0.1, 0.15) is 13.8 Å². The molecular formula is C13H17N5O4S. The average Bonchev–Trinajstić information content (AvgIpc) is 2.97. The monoisotopic (exact) mass is 339 g/mol. The van der Waals surface area contributed by atoms with E-state index in [-0.39, 0.29) is 23.6 Å². The molecule has 3 heterocycles. The van der Waals surface area contributed by atoms with Gasteiger partial charge in [0.2, 0.25) is 11.1 Å². The van der Waals surface area contributed by atoms with E-state index in [0.717, 1.165) is 0 Å². The third kappa shape index (κ3) is 2.32. The summed E-state index contributed by atoms with van der Waals surface area (Å²) in [6.45, 7) is 3.45. The van der Waals surface area contributed by atoms with Crippen LogP contribution in [0.15, 0.2) is 16.4 Å². The quantitative estimate of drug-likeness (QED) is 0.544. The highest BCUT2D eigenvalue weighted by molar-refractivity contribution is 7.99. The van der Waals surface area contributed by atoms with Gasteiger partial charge >= 0.3 is 5.97 Å². The number of rotatable bonds is 5. The van der Waals surface area contributed by atoms with Crippen LogP contribution < -0.4 is 0 Å². The van der Waals surface area contributed by atoms with Crippen LogP contribution in [0, 0.1) is 11.8 Å². The predicted molar refractivity (Wildman–Crippen MR) is 79.2 cm³/mol. The van der Waals surface area contributed by atoms with E-state index in [2.05, 4.69) is 15.5 Å². The van der Waals surface area contributed by atoms with Crippen molar-refractivity contribution in [3.8, 4) is 0 Å². The van der Waals surface area contributed by atoms with E-state index in [1.807, 2.05) is 6.92 Å². The Morgan fingerprint density at radius 1 is 1.48 bits per heavy atom. The number of carbonyl (C=O) groups is 2. The third-order valence-corrected chi connectivity index (χ3v) is 5.52.